The molecule has 0 bridgehead atoms. The van der Waals surface area contributed by atoms with Crippen LogP contribution < -0.4 is 11.1 Å². The third kappa shape index (κ3) is 2.75. The van der Waals surface area contributed by atoms with Gasteiger partial charge in [-0.2, -0.15) is 0 Å². The van der Waals surface area contributed by atoms with E-state index in [1.165, 1.54) is 12.1 Å². The van der Waals surface area contributed by atoms with E-state index in [0.29, 0.717) is 16.9 Å². The van der Waals surface area contributed by atoms with E-state index < -0.39 is 5.82 Å². The first-order valence-corrected chi connectivity index (χ1v) is 5.82. The van der Waals surface area contributed by atoms with E-state index in [2.05, 4.69) is 10.3 Å². The van der Waals surface area contributed by atoms with Crippen LogP contribution in [-0.2, 0) is 0 Å². The molecular formula is C12H9ClFN3S. The zero-order valence-corrected chi connectivity index (χ0v) is 10.7. The average molecular weight is 282 g/mol. The standard InChI is InChI=1S/C12H9ClFN3S/c13-9-2-1-7(5-10(9)14)17-11-6-16-4-3-8(11)12(15)18/h1-6,17H,(H2,15,18). The minimum absolute atomic E-state index is 0.0707. The van der Waals surface area contributed by atoms with Crippen molar-refractivity contribution in [2.45, 2.75) is 0 Å². The molecule has 0 saturated carbocycles. The quantitative estimate of drug-likeness (QED) is 0.848. The number of pyridine rings is 1. The molecule has 0 amide bonds. The summed E-state index contributed by atoms with van der Waals surface area (Å²) in [6.45, 7) is 0. The van der Waals surface area contributed by atoms with Gasteiger partial charge in [0.15, 0.2) is 0 Å². The first kappa shape index (κ1) is 12.7. The van der Waals surface area contributed by atoms with Crippen LogP contribution in [0.5, 0.6) is 0 Å². The predicted molar refractivity (Wildman–Crippen MR) is 74.8 cm³/mol. The molecule has 0 atom stereocenters. The number of halogens is 2. The van der Waals surface area contributed by atoms with Gasteiger partial charge >= 0.3 is 0 Å². The van der Waals surface area contributed by atoms with Crippen LogP contribution in [0.3, 0.4) is 0 Å². The second kappa shape index (κ2) is 5.29. The zero-order chi connectivity index (χ0) is 13.1. The Morgan fingerprint density at radius 2 is 2.17 bits per heavy atom. The van der Waals surface area contributed by atoms with Gasteiger partial charge in [-0.05, 0) is 24.3 Å². The summed E-state index contributed by atoms with van der Waals surface area (Å²) in [4.78, 5) is 4.21. The molecule has 0 fully saturated rings. The summed E-state index contributed by atoms with van der Waals surface area (Å²) in [6, 6.07) is 6.10. The van der Waals surface area contributed by atoms with E-state index in [1.807, 2.05) is 0 Å². The lowest BCUT2D eigenvalue weighted by atomic mass is 10.2. The predicted octanol–water partition coefficient (Wildman–Crippen LogP) is 3.25. The molecule has 0 radical (unpaired) electrons. The molecule has 0 saturated heterocycles. The third-order valence-electron chi connectivity index (χ3n) is 2.29. The van der Waals surface area contributed by atoms with Crippen LogP contribution in [0.15, 0.2) is 36.7 Å². The number of rotatable bonds is 3. The number of hydrogen-bond acceptors (Lipinski definition) is 3. The van der Waals surface area contributed by atoms with Crippen molar-refractivity contribution in [2.24, 2.45) is 5.73 Å². The number of hydrogen-bond donors (Lipinski definition) is 2. The SMILES string of the molecule is NC(=S)c1ccncc1Nc1ccc(Cl)c(F)c1. The fourth-order valence-corrected chi connectivity index (χ4v) is 1.73. The average Bonchev–Trinajstić information content (AvgIpc) is 2.34. The van der Waals surface area contributed by atoms with Gasteiger partial charge in [0.2, 0.25) is 0 Å². The van der Waals surface area contributed by atoms with Crippen molar-refractivity contribution in [1.29, 1.82) is 0 Å². The molecule has 2 rings (SSSR count). The first-order chi connectivity index (χ1) is 8.58. The van der Waals surface area contributed by atoms with Crippen molar-refractivity contribution in [3.05, 3.63) is 53.1 Å². The highest BCUT2D eigenvalue weighted by Crippen LogP contribution is 2.23. The lowest BCUT2D eigenvalue weighted by Crippen LogP contribution is -2.12. The van der Waals surface area contributed by atoms with Crippen LogP contribution in [-0.4, -0.2) is 9.97 Å². The first-order valence-electron chi connectivity index (χ1n) is 5.04. The van der Waals surface area contributed by atoms with Crippen LogP contribution in [0.2, 0.25) is 5.02 Å². The Labute approximate surface area is 114 Å². The summed E-state index contributed by atoms with van der Waals surface area (Å²) in [5.41, 5.74) is 7.40. The number of benzene rings is 1. The van der Waals surface area contributed by atoms with Crippen LogP contribution in [0, 0.1) is 5.82 Å². The molecule has 6 heteroatoms. The molecule has 2 aromatic rings. The van der Waals surface area contributed by atoms with Gasteiger partial charge in [-0.25, -0.2) is 4.39 Å². The van der Waals surface area contributed by atoms with Crippen molar-refractivity contribution in [2.75, 3.05) is 5.32 Å². The number of thiocarbonyl (C=S) groups is 1. The maximum Gasteiger partial charge on any atom is 0.143 e. The summed E-state index contributed by atoms with van der Waals surface area (Å²) in [7, 11) is 0. The molecule has 1 aromatic heterocycles. The van der Waals surface area contributed by atoms with Crippen molar-refractivity contribution in [3.63, 3.8) is 0 Å². The molecule has 0 aliphatic heterocycles. The van der Waals surface area contributed by atoms with Gasteiger partial charge in [-0.1, -0.05) is 23.8 Å². The molecule has 0 unspecified atom stereocenters. The molecule has 1 aromatic carbocycles. The molecule has 1 heterocycles. The molecule has 0 aliphatic rings. The Bertz CT molecular complexity index is 604. The van der Waals surface area contributed by atoms with Crippen LogP contribution in [0.4, 0.5) is 15.8 Å². The number of nitrogens with two attached hydrogens (primary N) is 1. The van der Waals surface area contributed by atoms with Gasteiger partial charge in [0.1, 0.15) is 10.8 Å². The van der Waals surface area contributed by atoms with Gasteiger partial charge in [-0.15, -0.1) is 0 Å². The van der Waals surface area contributed by atoms with E-state index in [1.54, 1.807) is 24.5 Å². The van der Waals surface area contributed by atoms with Gasteiger partial charge in [-0.3, -0.25) is 4.98 Å². The smallest absolute Gasteiger partial charge is 0.143 e. The van der Waals surface area contributed by atoms with E-state index in [4.69, 9.17) is 29.6 Å². The van der Waals surface area contributed by atoms with Crippen molar-refractivity contribution < 1.29 is 4.39 Å². The molecule has 0 aliphatic carbocycles. The normalized spacial score (nSPS) is 10.1. The fourth-order valence-electron chi connectivity index (χ4n) is 1.44. The van der Waals surface area contributed by atoms with Gasteiger partial charge in [0, 0.05) is 17.4 Å². The van der Waals surface area contributed by atoms with E-state index >= 15 is 0 Å². The van der Waals surface area contributed by atoms with E-state index in [0.717, 1.165) is 0 Å². The Kier molecular flexibility index (Phi) is 3.74. The Hall–Kier alpha value is -1.72. The van der Waals surface area contributed by atoms with Crippen molar-refractivity contribution in [3.8, 4) is 0 Å². The monoisotopic (exact) mass is 281 g/mol. The zero-order valence-electron chi connectivity index (χ0n) is 9.15. The number of nitrogens with zero attached hydrogens (tertiary/aromatic N) is 1. The topological polar surface area (TPSA) is 50.9 Å². The van der Waals surface area contributed by atoms with Crippen LogP contribution in [0.1, 0.15) is 5.56 Å². The van der Waals surface area contributed by atoms with Gasteiger partial charge in [0.05, 0.1) is 16.9 Å². The molecule has 0 spiro atoms. The number of nitrogens with one attached hydrogen (secondary N) is 1. The Balaban J connectivity index is 2.34. The van der Waals surface area contributed by atoms with Crippen LogP contribution in [0.25, 0.3) is 0 Å². The fraction of sp³-hybridized carbons (Fsp3) is 0. The lowest BCUT2D eigenvalue weighted by molar-refractivity contribution is 0.629. The van der Waals surface area contributed by atoms with Crippen molar-refractivity contribution in [1.82, 2.24) is 4.98 Å². The van der Waals surface area contributed by atoms with Crippen molar-refractivity contribution >= 4 is 40.2 Å². The lowest BCUT2D eigenvalue weighted by Gasteiger charge is -2.10. The van der Waals surface area contributed by atoms with Gasteiger partial charge in [0.25, 0.3) is 0 Å². The minimum Gasteiger partial charge on any atom is -0.389 e. The van der Waals surface area contributed by atoms with E-state index in [-0.39, 0.29) is 10.0 Å². The second-order valence-electron chi connectivity index (χ2n) is 3.54. The largest absolute Gasteiger partial charge is 0.389 e. The summed E-state index contributed by atoms with van der Waals surface area (Å²) in [6.07, 6.45) is 3.16. The second-order valence-corrected chi connectivity index (χ2v) is 4.39. The van der Waals surface area contributed by atoms with Crippen LogP contribution >= 0.6 is 23.8 Å². The molecule has 3 N–H and O–H groups in total. The van der Waals surface area contributed by atoms with E-state index in [9.17, 15) is 4.39 Å². The molecule has 3 nitrogen and oxygen atoms in total. The van der Waals surface area contributed by atoms with Gasteiger partial charge < -0.3 is 11.1 Å². The number of anilines is 2. The highest BCUT2D eigenvalue weighted by atomic mass is 35.5. The maximum absolute atomic E-state index is 13.3. The molecule has 18 heavy (non-hydrogen) atoms. The number of aromatic nitrogens is 1. The summed E-state index contributed by atoms with van der Waals surface area (Å²) < 4.78 is 13.3. The minimum atomic E-state index is -0.498. The highest BCUT2D eigenvalue weighted by molar-refractivity contribution is 7.80. The highest BCUT2D eigenvalue weighted by Gasteiger charge is 2.06. The third-order valence-corrected chi connectivity index (χ3v) is 2.81. The Morgan fingerprint density at radius 3 is 2.83 bits per heavy atom. The molecule has 92 valence electrons. The summed E-state index contributed by atoms with van der Waals surface area (Å²) >= 11 is 10.5. The summed E-state index contributed by atoms with van der Waals surface area (Å²) in [5.74, 6) is -0.498. The Morgan fingerprint density at radius 1 is 1.39 bits per heavy atom. The maximum atomic E-state index is 13.3. The molecular weight excluding hydrogens is 273 g/mol. The summed E-state index contributed by atoms with van der Waals surface area (Å²) in [5, 5.41) is 3.06.